The van der Waals surface area contributed by atoms with Crippen molar-refractivity contribution in [3.05, 3.63) is 71.3 Å². The molecule has 1 saturated heterocycles. The molecule has 0 bridgehead atoms. The number of carboxylic acids is 1. The van der Waals surface area contributed by atoms with Crippen molar-refractivity contribution in [2.24, 2.45) is 11.8 Å². The van der Waals surface area contributed by atoms with E-state index in [9.17, 15) is 24.0 Å². The molecule has 1 heterocycles. The van der Waals surface area contributed by atoms with Gasteiger partial charge in [-0.2, -0.15) is 8.78 Å². The molecule has 1 aliphatic rings. The lowest BCUT2D eigenvalue weighted by molar-refractivity contribution is -0.153. The van der Waals surface area contributed by atoms with E-state index in [4.69, 9.17) is 5.11 Å². The van der Waals surface area contributed by atoms with Crippen molar-refractivity contribution in [2.75, 3.05) is 6.54 Å². The van der Waals surface area contributed by atoms with E-state index in [0.717, 1.165) is 5.56 Å². The van der Waals surface area contributed by atoms with Crippen LogP contribution in [0.15, 0.2) is 54.6 Å². The van der Waals surface area contributed by atoms with E-state index in [2.05, 4.69) is 10.6 Å². The quantitative estimate of drug-likeness (QED) is 0.286. The molecule has 0 aliphatic carbocycles. The van der Waals surface area contributed by atoms with Crippen molar-refractivity contribution in [3.8, 4) is 0 Å². The van der Waals surface area contributed by atoms with E-state index in [1.54, 1.807) is 27.7 Å². The number of Topliss-reactive ketones (excluding diaryl/α,β-unsaturated/α-hetero) is 1. The molecule has 9 nitrogen and oxygen atoms in total. The normalized spacial score (nSPS) is 16.9. The molecule has 238 valence electrons. The molecule has 3 amide bonds. The van der Waals surface area contributed by atoms with Gasteiger partial charge in [-0.15, -0.1) is 0 Å². The van der Waals surface area contributed by atoms with E-state index in [1.807, 2.05) is 30.3 Å². The summed E-state index contributed by atoms with van der Waals surface area (Å²) in [5.74, 6) is -9.03. The van der Waals surface area contributed by atoms with E-state index in [1.165, 1.54) is 29.2 Å². The average Bonchev–Trinajstić information content (AvgIpc) is 3.45. The third kappa shape index (κ3) is 8.78. The first-order valence-corrected chi connectivity index (χ1v) is 14.9. The Morgan fingerprint density at radius 1 is 0.932 bits per heavy atom. The van der Waals surface area contributed by atoms with Gasteiger partial charge in [-0.1, -0.05) is 58.0 Å². The number of hydrogen-bond donors (Lipinski definition) is 3. The highest BCUT2D eigenvalue weighted by atomic mass is 19.3. The molecule has 1 fully saturated rings. The summed E-state index contributed by atoms with van der Waals surface area (Å²) in [5, 5.41) is 14.0. The number of hydrogen-bond acceptors (Lipinski definition) is 6. The van der Waals surface area contributed by atoms with Crippen LogP contribution in [0.25, 0.3) is 0 Å². The van der Waals surface area contributed by atoms with Gasteiger partial charge < -0.3 is 10.4 Å². The van der Waals surface area contributed by atoms with Crippen molar-refractivity contribution in [1.82, 2.24) is 15.5 Å². The Labute approximate surface area is 256 Å². The van der Waals surface area contributed by atoms with Gasteiger partial charge in [0.05, 0.1) is 17.6 Å². The third-order valence-corrected chi connectivity index (χ3v) is 7.89. The monoisotopic (exact) mass is 613 g/mol. The van der Waals surface area contributed by atoms with Crippen molar-refractivity contribution in [2.45, 2.75) is 83.8 Å². The number of amides is 3. The van der Waals surface area contributed by atoms with Gasteiger partial charge in [0.25, 0.3) is 5.91 Å². The molecule has 3 N–H and O–H groups in total. The molecule has 3 rings (SSSR count). The number of ketones is 1. The topological polar surface area (TPSA) is 133 Å². The van der Waals surface area contributed by atoms with Gasteiger partial charge in [-0.3, -0.25) is 29.4 Å². The highest BCUT2D eigenvalue weighted by Gasteiger charge is 2.49. The number of nitrogens with one attached hydrogen (secondary N) is 2. The molecular weight excluding hydrogens is 572 g/mol. The number of halogens is 2. The zero-order valence-corrected chi connectivity index (χ0v) is 25.5. The zero-order valence-electron chi connectivity index (χ0n) is 25.5. The Morgan fingerprint density at radius 2 is 1.55 bits per heavy atom. The number of carbonyl (C=O) groups excluding carboxylic acids is 4. The van der Waals surface area contributed by atoms with Crippen LogP contribution in [0.1, 0.15) is 79.7 Å². The predicted octanol–water partition coefficient (Wildman–Crippen LogP) is 4.50. The summed E-state index contributed by atoms with van der Waals surface area (Å²) in [5.41, 5.74) is 1.03. The van der Waals surface area contributed by atoms with Crippen LogP contribution < -0.4 is 10.6 Å². The van der Waals surface area contributed by atoms with Crippen molar-refractivity contribution in [3.63, 3.8) is 0 Å². The minimum atomic E-state index is -3.58. The van der Waals surface area contributed by atoms with Gasteiger partial charge in [0.15, 0.2) is 0 Å². The highest BCUT2D eigenvalue weighted by Crippen LogP contribution is 2.32. The number of likely N-dealkylation sites (tertiary alicyclic amines) is 1. The van der Waals surface area contributed by atoms with Crippen LogP contribution in [0.3, 0.4) is 0 Å². The zero-order chi connectivity index (χ0) is 32.6. The van der Waals surface area contributed by atoms with Crippen LogP contribution in [0.5, 0.6) is 0 Å². The number of alkyl halides is 2. The fourth-order valence-electron chi connectivity index (χ4n) is 5.54. The number of aromatic carboxylic acids is 1. The molecule has 2 aromatic carbocycles. The molecule has 0 saturated carbocycles. The molecule has 0 aromatic heterocycles. The maximum absolute atomic E-state index is 15.2. The van der Waals surface area contributed by atoms with Crippen LogP contribution in [0.2, 0.25) is 0 Å². The number of carboxylic acid groups (broad SMARTS) is 1. The molecule has 1 unspecified atom stereocenters. The number of aryl methyl sites for hydroxylation is 1. The lowest BCUT2D eigenvalue weighted by Gasteiger charge is -2.36. The number of carbonyl (C=O) groups is 5. The average molecular weight is 614 g/mol. The third-order valence-electron chi connectivity index (χ3n) is 7.89. The SMILES string of the molecule is CC(C)C(C(=O)C(F)(F)CCCc1ccccc1)N1CCC[C@H]1C(=O)NC(=O)[C@@H](NC(=O)c1ccc(C(=O)O)cc1)C(C)C. The fourth-order valence-corrected chi connectivity index (χ4v) is 5.54. The van der Waals surface area contributed by atoms with Crippen LogP contribution in [0, 0.1) is 11.8 Å². The predicted molar refractivity (Wildman–Crippen MR) is 160 cm³/mol. The van der Waals surface area contributed by atoms with Crippen LogP contribution >= 0.6 is 0 Å². The summed E-state index contributed by atoms with van der Waals surface area (Å²) < 4.78 is 30.5. The van der Waals surface area contributed by atoms with E-state index >= 15 is 8.78 Å². The molecule has 0 radical (unpaired) electrons. The second-order valence-corrected chi connectivity index (χ2v) is 11.9. The van der Waals surface area contributed by atoms with Crippen LogP contribution in [-0.4, -0.2) is 70.1 Å². The summed E-state index contributed by atoms with van der Waals surface area (Å²) in [6.07, 6.45) is 0.691. The van der Waals surface area contributed by atoms with Gasteiger partial charge in [-0.25, -0.2) is 4.79 Å². The van der Waals surface area contributed by atoms with E-state index in [-0.39, 0.29) is 30.5 Å². The van der Waals surface area contributed by atoms with E-state index < -0.39 is 71.8 Å². The largest absolute Gasteiger partial charge is 0.478 e. The molecule has 11 heteroatoms. The van der Waals surface area contributed by atoms with Crippen LogP contribution in [0.4, 0.5) is 8.78 Å². The Bertz CT molecular complexity index is 1330. The highest BCUT2D eigenvalue weighted by molar-refractivity contribution is 6.04. The van der Waals surface area contributed by atoms with Gasteiger partial charge in [0.1, 0.15) is 6.04 Å². The maximum atomic E-state index is 15.2. The minimum absolute atomic E-state index is 0.00505. The van der Waals surface area contributed by atoms with Gasteiger partial charge >= 0.3 is 11.9 Å². The Kier molecular flexibility index (Phi) is 11.9. The second-order valence-electron chi connectivity index (χ2n) is 11.9. The summed E-state index contributed by atoms with van der Waals surface area (Å²) in [4.78, 5) is 65.1. The van der Waals surface area contributed by atoms with Crippen molar-refractivity contribution < 1.29 is 37.9 Å². The second kappa shape index (κ2) is 15.1. The first kappa shape index (κ1) is 34.5. The number of imide groups is 1. The van der Waals surface area contributed by atoms with Gasteiger partial charge in [0, 0.05) is 12.0 Å². The van der Waals surface area contributed by atoms with Crippen molar-refractivity contribution in [1.29, 1.82) is 0 Å². The Hall–Kier alpha value is -3.99. The summed E-state index contributed by atoms with van der Waals surface area (Å²) >= 11 is 0. The molecule has 2 aromatic rings. The lowest BCUT2D eigenvalue weighted by atomic mass is 9.91. The van der Waals surface area contributed by atoms with Gasteiger partial charge in [0.2, 0.25) is 17.6 Å². The molecule has 44 heavy (non-hydrogen) atoms. The minimum Gasteiger partial charge on any atom is -0.478 e. The van der Waals surface area contributed by atoms with Crippen LogP contribution in [-0.2, 0) is 20.8 Å². The van der Waals surface area contributed by atoms with E-state index in [0.29, 0.717) is 12.8 Å². The maximum Gasteiger partial charge on any atom is 0.335 e. The Morgan fingerprint density at radius 3 is 2.11 bits per heavy atom. The molecule has 0 spiro atoms. The summed E-state index contributed by atoms with van der Waals surface area (Å²) in [7, 11) is 0. The fraction of sp³-hybridized carbons (Fsp3) is 0.485. The first-order valence-electron chi connectivity index (χ1n) is 14.9. The standard InChI is InChI=1S/C33H41F2N3O6/c1-20(2)26(36-29(40)23-14-16-24(17-15-23)32(43)44)31(42)37-30(41)25-13-9-19-38(25)27(21(3)4)28(39)33(34,35)18-8-12-22-10-6-5-7-11-22/h5-7,10-11,14-17,20-21,25-27H,8-9,12-13,18-19H2,1-4H3,(H,36,40)(H,43,44)(H,37,41,42)/t25-,26-,27?/m0/s1. The number of benzene rings is 2. The lowest BCUT2D eigenvalue weighted by Crippen LogP contribution is -2.58. The summed E-state index contributed by atoms with van der Waals surface area (Å²) in [6, 6.07) is 11.0. The smallest absolute Gasteiger partial charge is 0.335 e. The van der Waals surface area contributed by atoms with Gasteiger partial charge in [-0.05, 0) is 73.9 Å². The molecule has 1 aliphatic heterocycles. The molecule has 3 atom stereocenters. The summed E-state index contributed by atoms with van der Waals surface area (Å²) in [6.45, 7) is 6.93. The first-order chi connectivity index (χ1) is 20.7. The molecular formula is C33H41F2N3O6. The van der Waals surface area contributed by atoms with Crippen molar-refractivity contribution >= 4 is 29.5 Å². The Balaban J connectivity index is 1.67. The number of nitrogens with zero attached hydrogens (tertiary/aromatic N) is 1. The number of rotatable bonds is 14.